The maximum Gasteiger partial charge on any atom is 0.337 e. The molecule has 2 amide bonds. The zero-order valence-corrected chi connectivity index (χ0v) is 12.7. The number of halogens is 1. The lowest BCUT2D eigenvalue weighted by Gasteiger charge is -2.21. The van der Waals surface area contributed by atoms with Gasteiger partial charge in [0, 0.05) is 18.1 Å². The minimum absolute atomic E-state index is 0.0379. The van der Waals surface area contributed by atoms with Crippen LogP contribution in [0.15, 0.2) is 18.2 Å². The van der Waals surface area contributed by atoms with E-state index < -0.39 is 5.97 Å². The number of rotatable bonds is 2. The highest BCUT2D eigenvalue weighted by Gasteiger charge is 2.20. The number of likely N-dealkylation sites (tertiary alicyclic amines) is 1. The Morgan fingerprint density at radius 3 is 2.81 bits per heavy atom. The number of urea groups is 1. The van der Waals surface area contributed by atoms with Crippen molar-refractivity contribution in [3.63, 3.8) is 0 Å². The fraction of sp³-hybridized carbons (Fsp3) is 0.467. The van der Waals surface area contributed by atoms with Crippen molar-refractivity contribution in [2.24, 2.45) is 5.92 Å². The van der Waals surface area contributed by atoms with Crippen molar-refractivity contribution in [2.45, 2.75) is 26.2 Å². The number of carboxylic acid groups (broad SMARTS) is 1. The lowest BCUT2D eigenvalue weighted by molar-refractivity contribution is 0.0698. The molecule has 5 nitrogen and oxygen atoms in total. The Morgan fingerprint density at radius 2 is 2.10 bits per heavy atom. The van der Waals surface area contributed by atoms with Gasteiger partial charge in [0.25, 0.3) is 0 Å². The van der Waals surface area contributed by atoms with Crippen LogP contribution in [0.4, 0.5) is 10.5 Å². The molecule has 1 saturated heterocycles. The van der Waals surface area contributed by atoms with E-state index >= 15 is 0 Å². The van der Waals surface area contributed by atoms with Crippen molar-refractivity contribution in [1.29, 1.82) is 0 Å². The lowest BCUT2D eigenvalue weighted by atomic mass is 10.0. The van der Waals surface area contributed by atoms with Crippen molar-refractivity contribution in [2.75, 3.05) is 18.4 Å². The van der Waals surface area contributed by atoms with Gasteiger partial charge < -0.3 is 15.3 Å². The molecule has 0 aliphatic carbocycles. The largest absolute Gasteiger partial charge is 0.478 e. The van der Waals surface area contributed by atoms with E-state index in [0.29, 0.717) is 24.0 Å². The van der Waals surface area contributed by atoms with Crippen LogP contribution in [0.3, 0.4) is 0 Å². The Bertz CT molecular complexity index is 548. The van der Waals surface area contributed by atoms with Crippen LogP contribution >= 0.6 is 11.6 Å². The van der Waals surface area contributed by atoms with Crippen molar-refractivity contribution in [3.05, 3.63) is 28.8 Å². The average Bonchev–Trinajstić information content (AvgIpc) is 2.63. The molecule has 1 heterocycles. The molecule has 2 N–H and O–H groups in total. The summed E-state index contributed by atoms with van der Waals surface area (Å²) >= 11 is 5.88. The fourth-order valence-corrected chi connectivity index (χ4v) is 2.64. The molecule has 0 saturated carbocycles. The zero-order chi connectivity index (χ0) is 15.4. The van der Waals surface area contributed by atoms with Crippen LogP contribution < -0.4 is 5.32 Å². The molecule has 21 heavy (non-hydrogen) atoms. The van der Waals surface area contributed by atoms with Crippen LogP contribution in [0.25, 0.3) is 0 Å². The van der Waals surface area contributed by atoms with Crippen molar-refractivity contribution >= 4 is 29.3 Å². The lowest BCUT2D eigenvalue weighted by Crippen LogP contribution is -2.36. The molecule has 2 rings (SSSR count). The topological polar surface area (TPSA) is 69.6 Å². The molecule has 6 heteroatoms. The minimum Gasteiger partial charge on any atom is -0.478 e. The quantitative estimate of drug-likeness (QED) is 0.875. The standard InChI is InChI=1S/C15H19ClN2O3/c1-10-3-2-7-18(8-6-10)15(21)17-13-9-11(16)4-5-12(13)14(19)20/h4-5,9-10H,2-3,6-8H2,1H3,(H,17,21)(H,19,20). The number of aromatic carboxylic acids is 1. The number of anilines is 1. The first-order chi connectivity index (χ1) is 9.97. The van der Waals surface area contributed by atoms with Gasteiger partial charge in [-0.05, 0) is 43.4 Å². The van der Waals surface area contributed by atoms with Gasteiger partial charge >= 0.3 is 12.0 Å². The summed E-state index contributed by atoms with van der Waals surface area (Å²) in [6.07, 6.45) is 3.05. The highest BCUT2D eigenvalue weighted by molar-refractivity contribution is 6.31. The van der Waals surface area contributed by atoms with Crippen molar-refractivity contribution < 1.29 is 14.7 Å². The molecule has 1 atom stereocenters. The SMILES string of the molecule is CC1CCCN(C(=O)Nc2cc(Cl)ccc2C(=O)O)CC1. The van der Waals surface area contributed by atoms with Gasteiger partial charge in [0.15, 0.2) is 0 Å². The predicted octanol–water partition coefficient (Wildman–Crippen LogP) is 3.69. The van der Waals surface area contributed by atoms with E-state index in [0.717, 1.165) is 19.3 Å². The summed E-state index contributed by atoms with van der Waals surface area (Å²) in [5.74, 6) is -0.477. The molecular formula is C15H19ClN2O3. The van der Waals surface area contributed by atoms with Gasteiger partial charge in [-0.1, -0.05) is 18.5 Å². The predicted molar refractivity (Wildman–Crippen MR) is 82.0 cm³/mol. The third kappa shape index (κ3) is 4.11. The first kappa shape index (κ1) is 15.6. The number of nitrogens with zero attached hydrogens (tertiary/aromatic N) is 1. The second kappa shape index (κ2) is 6.80. The number of carbonyl (C=O) groups is 2. The van der Waals surface area contributed by atoms with Crippen LogP contribution in [0.2, 0.25) is 5.02 Å². The number of hydrogen-bond donors (Lipinski definition) is 2. The fourth-order valence-electron chi connectivity index (χ4n) is 2.47. The Kier molecular flexibility index (Phi) is 5.07. The van der Waals surface area contributed by atoms with Crippen LogP contribution in [-0.4, -0.2) is 35.1 Å². The number of carboxylic acids is 1. The van der Waals surface area contributed by atoms with E-state index in [4.69, 9.17) is 16.7 Å². The number of nitrogens with one attached hydrogen (secondary N) is 1. The number of hydrogen-bond acceptors (Lipinski definition) is 2. The Morgan fingerprint density at radius 1 is 1.33 bits per heavy atom. The monoisotopic (exact) mass is 310 g/mol. The summed E-state index contributed by atoms with van der Waals surface area (Å²) in [6.45, 7) is 3.57. The van der Waals surface area contributed by atoms with Gasteiger partial charge in [-0.15, -0.1) is 0 Å². The molecular weight excluding hydrogens is 292 g/mol. The maximum atomic E-state index is 12.3. The molecule has 1 aliphatic rings. The third-order valence-electron chi connectivity index (χ3n) is 3.76. The minimum atomic E-state index is -1.09. The van der Waals surface area contributed by atoms with E-state index in [1.807, 2.05) is 0 Å². The highest BCUT2D eigenvalue weighted by Crippen LogP contribution is 2.23. The molecule has 1 fully saturated rings. The van der Waals surface area contributed by atoms with Crippen molar-refractivity contribution in [1.82, 2.24) is 4.90 Å². The average molecular weight is 311 g/mol. The number of benzene rings is 1. The van der Waals surface area contributed by atoms with Crippen LogP contribution in [-0.2, 0) is 0 Å². The normalized spacial score (nSPS) is 19.0. The molecule has 1 aliphatic heterocycles. The molecule has 0 aromatic heterocycles. The Labute approximate surface area is 128 Å². The Balaban J connectivity index is 2.12. The van der Waals surface area contributed by atoms with Crippen LogP contribution in [0.5, 0.6) is 0 Å². The van der Waals surface area contributed by atoms with Gasteiger partial charge in [-0.2, -0.15) is 0 Å². The van der Waals surface area contributed by atoms with E-state index in [1.54, 1.807) is 4.90 Å². The first-order valence-corrected chi connectivity index (χ1v) is 7.44. The molecule has 0 bridgehead atoms. The van der Waals surface area contributed by atoms with Crippen LogP contribution in [0, 0.1) is 5.92 Å². The zero-order valence-electron chi connectivity index (χ0n) is 11.9. The summed E-state index contributed by atoms with van der Waals surface area (Å²) in [5, 5.41) is 12.2. The smallest absolute Gasteiger partial charge is 0.337 e. The van der Waals surface area contributed by atoms with Gasteiger partial charge in [0.05, 0.1) is 11.3 Å². The summed E-state index contributed by atoms with van der Waals surface area (Å²) in [6, 6.07) is 4.08. The second-order valence-electron chi connectivity index (χ2n) is 5.45. The summed E-state index contributed by atoms with van der Waals surface area (Å²) < 4.78 is 0. The number of carbonyl (C=O) groups excluding carboxylic acids is 1. The summed E-state index contributed by atoms with van der Waals surface area (Å²) in [5.41, 5.74) is 0.272. The van der Waals surface area contributed by atoms with E-state index in [1.165, 1.54) is 18.2 Å². The molecule has 1 unspecified atom stereocenters. The first-order valence-electron chi connectivity index (χ1n) is 7.06. The molecule has 0 spiro atoms. The van der Waals surface area contributed by atoms with E-state index in [9.17, 15) is 9.59 Å². The van der Waals surface area contributed by atoms with Gasteiger partial charge in [-0.25, -0.2) is 9.59 Å². The third-order valence-corrected chi connectivity index (χ3v) is 3.99. The van der Waals surface area contributed by atoms with Gasteiger partial charge in [-0.3, -0.25) is 0 Å². The summed E-state index contributed by atoms with van der Waals surface area (Å²) in [7, 11) is 0. The molecule has 114 valence electrons. The number of amides is 2. The molecule has 1 aromatic carbocycles. The Hall–Kier alpha value is -1.75. The second-order valence-corrected chi connectivity index (χ2v) is 5.88. The van der Waals surface area contributed by atoms with Crippen molar-refractivity contribution in [3.8, 4) is 0 Å². The van der Waals surface area contributed by atoms with E-state index in [-0.39, 0.29) is 17.3 Å². The van der Waals surface area contributed by atoms with E-state index in [2.05, 4.69) is 12.2 Å². The molecule has 1 aromatic rings. The van der Waals surface area contributed by atoms with Gasteiger partial charge in [0.2, 0.25) is 0 Å². The molecule has 0 radical (unpaired) electrons. The van der Waals surface area contributed by atoms with Gasteiger partial charge in [0.1, 0.15) is 0 Å². The highest BCUT2D eigenvalue weighted by atomic mass is 35.5. The summed E-state index contributed by atoms with van der Waals surface area (Å²) in [4.78, 5) is 25.2. The maximum absolute atomic E-state index is 12.3. The van der Waals surface area contributed by atoms with Crippen LogP contribution in [0.1, 0.15) is 36.5 Å².